The summed E-state index contributed by atoms with van der Waals surface area (Å²) >= 11 is 1.64. The van der Waals surface area contributed by atoms with Gasteiger partial charge in [-0.15, -0.1) is 11.3 Å². The summed E-state index contributed by atoms with van der Waals surface area (Å²) in [6.45, 7) is 2.61. The molecule has 2 rings (SSSR count). The Balaban J connectivity index is 1.92. The van der Waals surface area contributed by atoms with E-state index in [1.165, 1.54) is 19.3 Å². The molecule has 1 amide bonds. The number of amides is 1. The molecular weight excluding hydrogens is 270 g/mol. The molecule has 1 aromatic rings. The number of hydrogen-bond donors (Lipinski definition) is 1. The molecule has 20 heavy (non-hydrogen) atoms. The Bertz CT molecular complexity index is 452. The minimum Gasteiger partial charge on any atom is -0.340 e. The van der Waals surface area contributed by atoms with Crippen LogP contribution < -0.4 is 5.32 Å². The van der Waals surface area contributed by atoms with Gasteiger partial charge in [-0.05, 0) is 26.8 Å². The molecule has 0 radical (unpaired) electrons. The molecule has 1 N–H and O–H groups in total. The first kappa shape index (κ1) is 15.4. The van der Waals surface area contributed by atoms with Crippen LogP contribution >= 0.6 is 11.3 Å². The highest BCUT2D eigenvalue weighted by Gasteiger charge is 2.33. The summed E-state index contributed by atoms with van der Waals surface area (Å²) in [6.07, 6.45) is 6.57. The van der Waals surface area contributed by atoms with Crippen molar-refractivity contribution in [1.29, 1.82) is 0 Å². The van der Waals surface area contributed by atoms with Crippen molar-refractivity contribution in [1.82, 2.24) is 15.2 Å². The fourth-order valence-electron chi connectivity index (χ4n) is 2.98. The first-order chi connectivity index (χ1) is 9.54. The van der Waals surface area contributed by atoms with E-state index in [0.717, 1.165) is 23.5 Å². The minimum atomic E-state index is 0.0155. The van der Waals surface area contributed by atoms with Gasteiger partial charge >= 0.3 is 0 Å². The fraction of sp³-hybridized carbons (Fsp3) is 0.733. The number of carbonyl (C=O) groups is 1. The van der Waals surface area contributed by atoms with Crippen LogP contribution in [0.25, 0.3) is 0 Å². The third-order valence-electron chi connectivity index (χ3n) is 4.32. The van der Waals surface area contributed by atoms with Gasteiger partial charge in [0.25, 0.3) is 0 Å². The summed E-state index contributed by atoms with van der Waals surface area (Å²) in [7, 11) is 3.87. The molecule has 1 fully saturated rings. The van der Waals surface area contributed by atoms with Crippen LogP contribution in [-0.2, 0) is 11.3 Å². The van der Waals surface area contributed by atoms with Gasteiger partial charge in [0, 0.05) is 24.4 Å². The lowest BCUT2D eigenvalue weighted by Gasteiger charge is -2.37. The zero-order valence-corrected chi connectivity index (χ0v) is 13.6. The fourth-order valence-corrected chi connectivity index (χ4v) is 3.58. The van der Waals surface area contributed by atoms with Crippen molar-refractivity contribution in [2.45, 2.75) is 57.5 Å². The van der Waals surface area contributed by atoms with Gasteiger partial charge in [-0.2, -0.15) is 0 Å². The molecule has 5 heteroatoms. The molecule has 0 aliphatic heterocycles. The second-order valence-electron chi connectivity index (χ2n) is 5.88. The van der Waals surface area contributed by atoms with Crippen LogP contribution in [0.2, 0.25) is 0 Å². The molecule has 1 aliphatic carbocycles. The largest absolute Gasteiger partial charge is 0.340 e. The van der Waals surface area contributed by atoms with Gasteiger partial charge in [0.15, 0.2) is 0 Å². The van der Waals surface area contributed by atoms with Crippen LogP contribution in [0.1, 0.15) is 49.2 Å². The number of thiazole rings is 1. The van der Waals surface area contributed by atoms with Crippen molar-refractivity contribution < 1.29 is 4.79 Å². The van der Waals surface area contributed by atoms with Crippen molar-refractivity contribution in [3.8, 4) is 0 Å². The number of nitrogens with zero attached hydrogens (tertiary/aromatic N) is 2. The minimum absolute atomic E-state index is 0.0155. The van der Waals surface area contributed by atoms with Gasteiger partial charge in [-0.25, -0.2) is 4.98 Å². The number of carbonyl (C=O) groups excluding carboxylic acids is 1. The summed E-state index contributed by atoms with van der Waals surface area (Å²) in [5.41, 5.74) is 1.01. The van der Waals surface area contributed by atoms with Gasteiger partial charge in [-0.3, -0.25) is 4.79 Å². The van der Waals surface area contributed by atoms with Crippen molar-refractivity contribution in [3.63, 3.8) is 0 Å². The van der Waals surface area contributed by atoms with Crippen molar-refractivity contribution in [2.24, 2.45) is 0 Å². The van der Waals surface area contributed by atoms with Crippen LogP contribution in [0.15, 0.2) is 5.38 Å². The maximum absolute atomic E-state index is 12.4. The van der Waals surface area contributed by atoms with Crippen LogP contribution in [0, 0.1) is 6.92 Å². The van der Waals surface area contributed by atoms with E-state index in [-0.39, 0.29) is 11.4 Å². The number of hydrogen-bond acceptors (Lipinski definition) is 4. The molecule has 0 spiro atoms. The highest BCUT2D eigenvalue weighted by atomic mass is 32.1. The monoisotopic (exact) mass is 295 g/mol. The van der Waals surface area contributed by atoms with E-state index in [1.54, 1.807) is 11.3 Å². The van der Waals surface area contributed by atoms with E-state index >= 15 is 0 Å². The lowest BCUT2D eigenvalue weighted by atomic mass is 9.79. The third-order valence-corrected chi connectivity index (χ3v) is 5.14. The molecule has 112 valence electrons. The molecule has 0 atom stereocenters. The molecule has 1 aliphatic rings. The zero-order valence-electron chi connectivity index (χ0n) is 12.7. The van der Waals surface area contributed by atoms with Crippen molar-refractivity contribution in [3.05, 3.63) is 16.1 Å². The molecule has 1 aromatic heterocycles. The predicted octanol–water partition coefficient (Wildman–Crippen LogP) is 2.72. The second kappa shape index (κ2) is 6.68. The van der Waals surface area contributed by atoms with Crippen LogP contribution in [-0.4, -0.2) is 35.4 Å². The van der Waals surface area contributed by atoms with Crippen LogP contribution in [0.3, 0.4) is 0 Å². The van der Waals surface area contributed by atoms with Crippen LogP contribution in [0.4, 0.5) is 0 Å². The van der Waals surface area contributed by atoms with Crippen molar-refractivity contribution >= 4 is 17.2 Å². The first-order valence-corrected chi connectivity index (χ1v) is 8.26. The average molecular weight is 295 g/mol. The van der Waals surface area contributed by atoms with Gasteiger partial charge < -0.3 is 10.2 Å². The molecule has 0 bridgehead atoms. The second-order valence-corrected chi connectivity index (χ2v) is 6.94. The normalized spacial score (nSPS) is 17.9. The molecule has 0 unspecified atom stereocenters. The Morgan fingerprint density at radius 1 is 1.45 bits per heavy atom. The third kappa shape index (κ3) is 3.79. The molecule has 4 nitrogen and oxygen atoms in total. The molecule has 1 saturated carbocycles. The maximum atomic E-state index is 12.4. The average Bonchev–Trinajstić information content (AvgIpc) is 2.85. The van der Waals surface area contributed by atoms with Crippen LogP contribution in [0.5, 0.6) is 0 Å². The molecule has 0 saturated heterocycles. The van der Waals surface area contributed by atoms with Gasteiger partial charge in [-0.1, -0.05) is 19.3 Å². The Hall–Kier alpha value is -0.940. The molecule has 0 aromatic carbocycles. The Morgan fingerprint density at radius 3 is 2.70 bits per heavy atom. The quantitative estimate of drug-likeness (QED) is 0.908. The maximum Gasteiger partial charge on any atom is 0.224 e. The first-order valence-electron chi connectivity index (χ1n) is 7.38. The van der Waals surface area contributed by atoms with Gasteiger partial charge in [0.1, 0.15) is 0 Å². The summed E-state index contributed by atoms with van der Waals surface area (Å²) in [5.74, 6) is 0.215. The highest BCUT2D eigenvalue weighted by molar-refractivity contribution is 7.09. The van der Waals surface area contributed by atoms with E-state index in [2.05, 4.69) is 10.3 Å². The highest BCUT2D eigenvalue weighted by Crippen LogP contribution is 2.31. The topological polar surface area (TPSA) is 45.2 Å². The lowest BCUT2D eigenvalue weighted by molar-refractivity contribution is -0.132. The van der Waals surface area contributed by atoms with E-state index in [1.807, 2.05) is 31.3 Å². The Labute approximate surface area is 125 Å². The number of nitrogens with one attached hydrogen (secondary N) is 1. The van der Waals surface area contributed by atoms with E-state index in [9.17, 15) is 4.79 Å². The smallest absolute Gasteiger partial charge is 0.224 e. The number of rotatable bonds is 5. The summed E-state index contributed by atoms with van der Waals surface area (Å²) < 4.78 is 0. The molecule has 1 heterocycles. The number of aromatic nitrogens is 1. The van der Waals surface area contributed by atoms with E-state index in [0.29, 0.717) is 13.0 Å². The summed E-state index contributed by atoms with van der Waals surface area (Å²) in [6, 6.07) is 0. The Morgan fingerprint density at radius 2 is 2.15 bits per heavy atom. The lowest BCUT2D eigenvalue weighted by Crippen LogP contribution is -2.48. The SMILES string of the molecule is CNC1(CC(=O)N(C)Cc2csc(C)n2)CCCCC1. The predicted molar refractivity (Wildman–Crippen MR) is 82.8 cm³/mol. The summed E-state index contributed by atoms with van der Waals surface area (Å²) in [4.78, 5) is 18.7. The van der Waals surface area contributed by atoms with Crippen molar-refractivity contribution in [2.75, 3.05) is 14.1 Å². The zero-order chi connectivity index (χ0) is 14.6. The molecular formula is C15H25N3OS. The van der Waals surface area contributed by atoms with Gasteiger partial charge in [0.2, 0.25) is 5.91 Å². The Kier molecular flexibility index (Phi) is 5.16. The van der Waals surface area contributed by atoms with E-state index < -0.39 is 0 Å². The van der Waals surface area contributed by atoms with Gasteiger partial charge in [0.05, 0.1) is 17.2 Å². The standard InChI is InChI=1S/C15H25N3OS/c1-12-17-13(11-20-12)10-18(3)14(19)9-15(16-2)7-5-4-6-8-15/h11,16H,4-10H2,1-3H3. The summed E-state index contributed by atoms with van der Waals surface area (Å²) in [5, 5.41) is 6.50. The van der Waals surface area contributed by atoms with E-state index in [4.69, 9.17) is 0 Å². The number of aryl methyl sites for hydroxylation is 1.